The average molecular weight is 234 g/mol. The molecule has 1 heterocycles. The van der Waals surface area contributed by atoms with E-state index in [2.05, 4.69) is 4.98 Å². The summed E-state index contributed by atoms with van der Waals surface area (Å²) in [4.78, 5) is 15.6. The number of nitro groups is 1. The topological polar surface area (TPSA) is 56.0 Å². The second-order valence-electron chi connectivity index (χ2n) is 3.40. The number of rotatable bonds is 2. The quantitative estimate of drug-likeness (QED) is 0.455. The Hall–Kier alpha value is -1.62. The molecular formula is C11H10N2O2S. The van der Waals surface area contributed by atoms with Gasteiger partial charge in [0.05, 0.1) is 20.7 Å². The van der Waals surface area contributed by atoms with Gasteiger partial charge in [-0.15, -0.1) is 11.8 Å². The van der Waals surface area contributed by atoms with Gasteiger partial charge in [-0.1, -0.05) is 0 Å². The number of fused-ring (bicyclic) bond motifs is 1. The third-order valence-corrected chi connectivity index (χ3v) is 3.17. The van der Waals surface area contributed by atoms with Crippen LogP contribution in [0.25, 0.3) is 10.9 Å². The molecule has 4 nitrogen and oxygen atoms in total. The normalized spacial score (nSPS) is 10.6. The van der Waals surface area contributed by atoms with Crippen LogP contribution in [0.1, 0.15) is 5.56 Å². The average Bonchev–Trinajstić information content (AvgIpc) is 2.28. The van der Waals surface area contributed by atoms with Gasteiger partial charge >= 0.3 is 0 Å². The zero-order chi connectivity index (χ0) is 11.7. The Morgan fingerprint density at radius 1 is 1.50 bits per heavy atom. The number of aromatic nitrogens is 1. The van der Waals surface area contributed by atoms with Gasteiger partial charge in [0.15, 0.2) is 0 Å². The van der Waals surface area contributed by atoms with Gasteiger partial charge in [0, 0.05) is 6.20 Å². The highest BCUT2D eigenvalue weighted by Crippen LogP contribution is 2.35. The SMILES string of the molecule is CSc1cc(C)c2ncccc2c1[N+](=O)[O-]. The molecule has 2 rings (SSSR count). The standard InChI is InChI=1S/C11H10N2O2S/c1-7-6-9(16-2)11(13(14)15)8-4-3-5-12-10(7)8/h3-6H,1-2H3. The minimum absolute atomic E-state index is 0.154. The van der Waals surface area contributed by atoms with Gasteiger partial charge in [0.25, 0.3) is 5.69 Å². The Morgan fingerprint density at radius 3 is 2.88 bits per heavy atom. The highest BCUT2D eigenvalue weighted by atomic mass is 32.2. The highest BCUT2D eigenvalue weighted by Gasteiger charge is 2.19. The van der Waals surface area contributed by atoms with E-state index < -0.39 is 0 Å². The van der Waals surface area contributed by atoms with Gasteiger partial charge in [-0.05, 0) is 36.9 Å². The maximum absolute atomic E-state index is 11.1. The van der Waals surface area contributed by atoms with Crippen molar-refractivity contribution in [3.05, 3.63) is 40.1 Å². The first-order chi connectivity index (χ1) is 7.65. The molecule has 0 atom stereocenters. The Kier molecular flexibility index (Phi) is 2.78. The molecule has 0 aliphatic heterocycles. The smallest absolute Gasteiger partial charge is 0.258 e. The van der Waals surface area contributed by atoms with Crippen molar-refractivity contribution in [2.24, 2.45) is 0 Å². The zero-order valence-corrected chi connectivity index (χ0v) is 9.75. The predicted octanol–water partition coefficient (Wildman–Crippen LogP) is 3.17. The van der Waals surface area contributed by atoms with Crippen LogP contribution < -0.4 is 0 Å². The molecule has 0 aliphatic carbocycles. The molecule has 0 unspecified atom stereocenters. The van der Waals surface area contributed by atoms with Crippen LogP contribution in [0.3, 0.4) is 0 Å². The summed E-state index contributed by atoms with van der Waals surface area (Å²) in [6.07, 6.45) is 3.49. The number of pyridine rings is 1. The minimum Gasteiger partial charge on any atom is -0.258 e. The second kappa shape index (κ2) is 4.09. The number of benzene rings is 1. The van der Waals surface area contributed by atoms with Crippen LogP contribution in [0.5, 0.6) is 0 Å². The monoisotopic (exact) mass is 234 g/mol. The van der Waals surface area contributed by atoms with Gasteiger partial charge in [-0.2, -0.15) is 0 Å². The van der Waals surface area contributed by atoms with E-state index in [1.165, 1.54) is 11.8 Å². The van der Waals surface area contributed by atoms with E-state index >= 15 is 0 Å². The van der Waals surface area contributed by atoms with Crippen molar-refractivity contribution in [2.75, 3.05) is 6.26 Å². The summed E-state index contributed by atoms with van der Waals surface area (Å²) >= 11 is 1.38. The van der Waals surface area contributed by atoms with Crippen LogP contribution in [-0.2, 0) is 0 Å². The van der Waals surface area contributed by atoms with Crippen molar-refractivity contribution in [3.63, 3.8) is 0 Å². The van der Waals surface area contributed by atoms with Crippen molar-refractivity contribution in [2.45, 2.75) is 11.8 Å². The molecule has 0 fully saturated rings. The summed E-state index contributed by atoms with van der Waals surface area (Å²) in [6.45, 7) is 1.92. The highest BCUT2D eigenvalue weighted by molar-refractivity contribution is 7.98. The van der Waals surface area contributed by atoms with E-state index in [1.807, 2.05) is 19.2 Å². The molecular weight excluding hydrogens is 224 g/mol. The Bertz CT molecular complexity index is 569. The molecule has 0 saturated heterocycles. The van der Waals surface area contributed by atoms with Gasteiger partial charge in [-0.3, -0.25) is 15.1 Å². The lowest BCUT2D eigenvalue weighted by atomic mass is 10.1. The number of hydrogen-bond donors (Lipinski definition) is 0. The summed E-state index contributed by atoms with van der Waals surface area (Å²) in [5.74, 6) is 0. The fraction of sp³-hybridized carbons (Fsp3) is 0.182. The molecule has 5 heteroatoms. The third kappa shape index (κ3) is 1.63. The van der Waals surface area contributed by atoms with Crippen LogP contribution >= 0.6 is 11.8 Å². The molecule has 0 saturated carbocycles. The van der Waals surface area contributed by atoms with Crippen LogP contribution in [0, 0.1) is 17.0 Å². The molecule has 0 aliphatic rings. The minimum atomic E-state index is -0.338. The van der Waals surface area contributed by atoms with Crippen LogP contribution in [-0.4, -0.2) is 16.2 Å². The van der Waals surface area contributed by atoms with Gasteiger partial charge < -0.3 is 0 Å². The fourth-order valence-corrected chi connectivity index (χ4v) is 2.39. The molecule has 0 bridgehead atoms. The first-order valence-corrected chi connectivity index (χ1v) is 5.94. The van der Waals surface area contributed by atoms with E-state index in [4.69, 9.17) is 0 Å². The number of aryl methyl sites for hydroxylation is 1. The van der Waals surface area contributed by atoms with Crippen LogP contribution in [0.2, 0.25) is 0 Å². The summed E-state index contributed by atoms with van der Waals surface area (Å²) in [7, 11) is 0. The summed E-state index contributed by atoms with van der Waals surface area (Å²) in [5, 5.41) is 11.7. The molecule has 0 radical (unpaired) electrons. The first kappa shape index (κ1) is 10.9. The lowest BCUT2D eigenvalue weighted by Crippen LogP contribution is -1.95. The largest absolute Gasteiger partial charge is 0.292 e. The summed E-state index contributed by atoms with van der Waals surface area (Å²) in [5.41, 5.74) is 1.82. The Morgan fingerprint density at radius 2 is 2.25 bits per heavy atom. The summed E-state index contributed by atoms with van der Waals surface area (Å²) in [6, 6.07) is 5.28. The molecule has 1 aromatic carbocycles. The maximum Gasteiger partial charge on any atom is 0.292 e. The van der Waals surface area contributed by atoms with Crippen molar-refractivity contribution >= 4 is 28.4 Å². The van der Waals surface area contributed by atoms with E-state index in [0.29, 0.717) is 15.8 Å². The van der Waals surface area contributed by atoms with Crippen molar-refractivity contribution in [1.82, 2.24) is 4.98 Å². The van der Waals surface area contributed by atoms with Crippen molar-refractivity contribution in [3.8, 4) is 0 Å². The molecule has 0 spiro atoms. The lowest BCUT2D eigenvalue weighted by Gasteiger charge is -2.06. The van der Waals surface area contributed by atoms with Crippen LogP contribution in [0.15, 0.2) is 29.3 Å². The van der Waals surface area contributed by atoms with E-state index in [-0.39, 0.29) is 10.6 Å². The molecule has 1 aromatic heterocycles. The zero-order valence-electron chi connectivity index (χ0n) is 8.93. The number of thioether (sulfide) groups is 1. The fourth-order valence-electron chi connectivity index (χ4n) is 1.72. The van der Waals surface area contributed by atoms with E-state index in [1.54, 1.807) is 18.3 Å². The molecule has 16 heavy (non-hydrogen) atoms. The van der Waals surface area contributed by atoms with Crippen molar-refractivity contribution < 1.29 is 4.92 Å². The van der Waals surface area contributed by atoms with Gasteiger partial charge in [-0.25, -0.2) is 0 Å². The lowest BCUT2D eigenvalue weighted by molar-refractivity contribution is -0.385. The molecule has 0 N–H and O–H groups in total. The van der Waals surface area contributed by atoms with E-state index in [9.17, 15) is 10.1 Å². The van der Waals surface area contributed by atoms with Crippen molar-refractivity contribution in [1.29, 1.82) is 0 Å². The van der Waals surface area contributed by atoms with Crippen LogP contribution in [0.4, 0.5) is 5.69 Å². The maximum atomic E-state index is 11.1. The molecule has 2 aromatic rings. The molecule has 0 amide bonds. The number of nitro benzene ring substituents is 1. The number of nitrogens with zero attached hydrogens (tertiary/aromatic N) is 2. The first-order valence-electron chi connectivity index (χ1n) is 4.72. The Balaban J connectivity index is 2.92. The molecule has 82 valence electrons. The number of hydrogen-bond acceptors (Lipinski definition) is 4. The van der Waals surface area contributed by atoms with Gasteiger partial charge in [0.1, 0.15) is 0 Å². The Labute approximate surface area is 96.8 Å². The third-order valence-electron chi connectivity index (χ3n) is 2.42. The predicted molar refractivity (Wildman–Crippen MR) is 64.9 cm³/mol. The van der Waals surface area contributed by atoms with E-state index in [0.717, 1.165) is 5.56 Å². The second-order valence-corrected chi connectivity index (χ2v) is 4.25. The van der Waals surface area contributed by atoms with Gasteiger partial charge in [0.2, 0.25) is 0 Å². The summed E-state index contributed by atoms with van der Waals surface area (Å²) < 4.78 is 0.